The first-order valence-electron chi connectivity index (χ1n) is 6.75. The zero-order valence-electron chi connectivity index (χ0n) is 11.2. The summed E-state index contributed by atoms with van der Waals surface area (Å²) in [5.74, 6) is 0.153. The standard InChI is InChI=1S/C14H16ClN3OS/c1-9(13(19)18-6-2-3-7-18)16-14-17-11-5-4-10(15)8-12(11)20-14/h4-5,8-9H,2-3,6-7H2,1H3,(H,16,17). The molecule has 0 saturated carbocycles. The van der Waals surface area contributed by atoms with Crippen LogP contribution in [0.5, 0.6) is 0 Å². The van der Waals surface area contributed by atoms with E-state index in [9.17, 15) is 4.79 Å². The zero-order valence-corrected chi connectivity index (χ0v) is 12.8. The lowest BCUT2D eigenvalue weighted by Crippen LogP contribution is -2.39. The molecule has 1 aromatic carbocycles. The maximum atomic E-state index is 12.2. The van der Waals surface area contributed by atoms with Crippen molar-refractivity contribution in [3.8, 4) is 0 Å². The van der Waals surface area contributed by atoms with Crippen molar-refractivity contribution < 1.29 is 4.79 Å². The fraction of sp³-hybridized carbons (Fsp3) is 0.429. The Labute approximate surface area is 126 Å². The second-order valence-corrected chi connectivity index (χ2v) is 6.50. The number of amides is 1. The number of hydrogen-bond acceptors (Lipinski definition) is 4. The van der Waals surface area contributed by atoms with Crippen LogP contribution in [-0.4, -0.2) is 34.9 Å². The highest BCUT2D eigenvalue weighted by molar-refractivity contribution is 7.22. The number of nitrogens with one attached hydrogen (secondary N) is 1. The van der Waals surface area contributed by atoms with Crippen LogP contribution in [0, 0.1) is 0 Å². The molecular formula is C14H16ClN3OS. The van der Waals surface area contributed by atoms with Gasteiger partial charge in [-0.25, -0.2) is 4.98 Å². The molecule has 1 amide bonds. The predicted molar refractivity (Wildman–Crippen MR) is 83.5 cm³/mol. The number of aromatic nitrogens is 1. The van der Waals surface area contributed by atoms with Crippen LogP contribution in [0.1, 0.15) is 19.8 Å². The van der Waals surface area contributed by atoms with Crippen molar-refractivity contribution in [3.63, 3.8) is 0 Å². The fourth-order valence-corrected chi connectivity index (χ4v) is 3.65. The van der Waals surface area contributed by atoms with E-state index in [0.717, 1.165) is 41.3 Å². The molecule has 4 nitrogen and oxygen atoms in total. The number of benzene rings is 1. The lowest BCUT2D eigenvalue weighted by atomic mass is 10.3. The van der Waals surface area contributed by atoms with Crippen LogP contribution in [0.3, 0.4) is 0 Å². The molecule has 1 saturated heterocycles. The van der Waals surface area contributed by atoms with Gasteiger partial charge in [0.15, 0.2) is 5.13 Å². The van der Waals surface area contributed by atoms with Gasteiger partial charge in [0.1, 0.15) is 6.04 Å². The van der Waals surface area contributed by atoms with Gasteiger partial charge in [-0.1, -0.05) is 22.9 Å². The van der Waals surface area contributed by atoms with E-state index in [4.69, 9.17) is 11.6 Å². The van der Waals surface area contributed by atoms with Crippen molar-refractivity contribution in [1.82, 2.24) is 9.88 Å². The van der Waals surface area contributed by atoms with E-state index in [-0.39, 0.29) is 11.9 Å². The van der Waals surface area contributed by atoms with Crippen LogP contribution < -0.4 is 5.32 Å². The van der Waals surface area contributed by atoms with E-state index < -0.39 is 0 Å². The molecular weight excluding hydrogens is 294 g/mol. The van der Waals surface area contributed by atoms with Crippen molar-refractivity contribution in [2.75, 3.05) is 18.4 Å². The number of halogens is 1. The highest BCUT2D eigenvalue weighted by Crippen LogP contribution is 2.28. The van der Waals surface area contributed by atoms with Crippen molar-refractivity contribution in [2.24, 2.45) is 0 Å². The van der Waals surface area contributed by atoms with Gasteiger partial charge >= 0.3 is 0 Å². The van der Waals surface area contributed by atoms with E-state index in [1.807, 2.05) is 30.0 Å². The third-order valence-corrected chi connectivity index (χ3v) is 4.66. The first-order valence-corrected chi connectivity index (χ1v) is 7.94. The molecule has 1 aliphatic heterocycles. The number of likely N-dealkylation sites (tertiary alicyclic amines) is 1. The third kappa shape index (κ3) is 2.74. The summed E-state index contributed by atoms with van der Waals surface area (Å²) in [5.41, 5.74) is 0.905. The van der Waals surface area contributed by atoms with Crippen molar-refractivity contribution in [2.45, 2.75) is 25.8 Å². The average Bonchev–Trinajstić information content (AvgIpc) is 3.05. The molecule has 20 heavy (non-hydrogen) atoms. The van der Waals surface area contributed by atoms with Crippen LogP contribution >= 0.6 is 22.9 Å². The second kappa shape index (κ2) is 5.58. The summed E-state index contributed by atoms with van der Waals surface area (Å²) in [6, 6.07) is 5.37. The smallest absolute Gasteiger partial charge is 0.244 e. The maximum Gasteiger partial charge on any atom is 0.244 e. The van der Waals surface area contributed by atoms with Gasteiger partial charge in [0.05, 0.1) is 10.2 Å². The third-order valence-electron chi connectivity index (χ3n) is 3.48. The van der Waals surface area contributed by atoms with E-state index in [1.54, 1.807) is 0 Å². The van der Waals surface area contributed by atoms with Gasteiger partial charge in [0, 0.05) is 18.1 Å². The summed E-state index contributed by atoms with van der Waals surface area (Å²) in [6.07, 6.45) is 2.22. The molecule has 1 N–H and O–H groups in total. The normalized spacial score (nSPS) is 16.6. The molecule has 106 valence electrons. The molecule has 0 bridgehead atoms. The summed E-state index contributed by atoms with van der Waals surface area (Å²) in [7, 11) is 0. The molecule has 6 heteroatoms. The number of nitrogens with zero attached hydrogens (tertiary/aromatic N) is 2. The van der Waals surface area contributed by atoms with Crippen LogP contribution in [0.15, 0.2) is 18.2 Å². The molecule has 1 unspecified atom stereocenters. The Bertz CT molecular complexity index is 636. The Morgan fingerprint density at radius 1 is 1.45 bits per heavy atom. The number of rotatable bonds is 3. The van der Waals surface area contributed by atoms with Gasteiger partial charge in [-0.2, -0.15) is 0 Å². The van der Waals surface area contributed by atoms with E-state index >= 15 is 0 Å². The lowest BCUT2D eigenvalue weighted by molar-refractivity contribution is -0.130. The SMILES string of the molecule is CC(Nc1nc2ccc(Cl)cc2s1)C(=O)N1CCCC1. The highest BCUT2D eigenvalue weighted by Gasteiger charge is 2.23. The Balaban J connectivity index is 1.73. The quantitative estimate of drug-likeness (QED) is 0.945. The zero-order chi connectivity index (χ0) is 14.1. The number of carbonyl (C=O) groups excluding carboxylic acids is 1. The molecule has 0 aliphatic carbocycles. The first kappa shape index (κ1) is 13.6. The largest absolute Gasteiger partial charge is 0.350 e. The van der Waals surface area contributed by atoms with Crippen LogP contribution in [0.4, 0.5) is 5.13 Å². The molecule has 2 heterocycles. The van der Waals surface area contributed by atoms with Crippen molar-refractivity contribution >= 4 is 44.2 Å². The minimum atomic E-state index is -0.246. The first-order chi connectivity index (χ1) is 9.63. The minimum absolute atomic E-state index is 0.153. The lowest BCUT2D eigenvalue weighted by Gasteiger charge is -2.20. The van der Waals surface area contributed by atoms with Gasteiger partial charge in [-0.3, -0.25) is 4.79 Å². The highest BCUT2D eigenvalue weighted by atomic mass is 35.5. The van der Waals surface area contributed by atoms with Crippen LogP contribution in [0.25, 0.3) is 10.2 Å². The average molecular weight is 310 g/mol. The molecule has 0 radical (unpaired) electrons. The maximum absolute atomic E-state index is 12.2. The van der Waals surface area contributed by atoms with E-state index in [2.05, 4.69) is 10.3 Å². The molecule has 1 atom stereocenters. The van der Waals surface area contributed by atoms with Crippen LogP contribution in [-0.2, 0) is 4.79 Å². The van der Waals surface area contributed by atoms with Gasteiger partial charge in [-0.05, 0) is 38.0 Å². The Hall–Kier alpha value is -1.33. The topological polar surface area (TPSA) is 45.2 Å². The number of fused-ring (bicyclic) bond motifs is 1. The summed E-state index contributed by atoms with van der Waals surface area (Å²) in [6.45, 7) is 3.64. The Morgan fingerprint density at radius 3 is 2.95 bits per heavy atom. The number of carbonyl (C=O) groups is 1. The summed E-state index contributed by atoms with van der Waals surface area (Å²) < 4.78 is 1.03. The molecule has 3 rings (SSSR count). The summed E-state index contributed by atoms with van der Waals surface area (Å²) >= 11 is 7.49. The fourth-order valence-electron chi connectivity index (χ4n) is 2.42. The van der Waals surface area contributed by atoms with Gasteiger partial charge < -0.3 is 10.2 Å². The van der Waals surface area contributed by atoms with Crippen molar-refractivity contribution in [3.05, 3.63) is 23.2 Å². The van der Waals surface area contributed by atoms with Gasteiger partial charge in [-0.15, -0.1) is 0 Å². The van der Waals surface area contributed by atoms with E-state index in [1.165, 1.54) is 11.3 Å². The van der Waals surface area contributed by atoms with E-state index in [0.29, 0.717) is 5.02 Å². The predicted octanol–water partition coefficient (Wildman–Crippen LogP) is 3.37. The summed E-state index contributed by atoms with van der Waals surface area (Å²) in [4.78, 5) is 18.6. The number of hydrogen-bond donors (Lipinski definition) is 1. The monoisotopic (exact) mass is 309 g/mol. The summed E-state index contributed by atoms with van der Waals surface area (Å²) in [5, 5.41) is 4.67. The second-order valence-electron chi connectivity index (χ2n) is 5.03. The Kier molecular flexibility index (Phi) is 3.81. The van der Waals surface area contributed by atoms with Crippen LogP contribution in [0.2, 0.25) is 5.02 Å². The molecule has 1 aromatic heterocycles. The molecule has 0 spiro atoms. The van der Waals surface area contributed by atoms with Gasteiger partial charge in [0.2, 0.25) is 5.91 Å². The molecule has 2 aromatic rings. The molecule has 1 aliphatic rings. The minimum Gasteiger partial charge on any atom is -0.350 e. The number of thiazole rings is 1. The Morgan fingerprint density at radius 2 is 2.20 bits per heavy atom. The van der Waals surface area contributed by atoms with Crippen molar-refractivity contribution in [1.29, 1.82) is 0 Å². The van der Waals surface area contributed by atoms with Gasteiger partial charge in [0.25, 0.3) is 0 Å². The number of anilines is 1. The molecule has 1 fully saturated rings.